The molecule has 0 radical (unpaired) electrons. The molecule has 0 atom stereocenters. The zero-order valence-corrected chi connectivity index (χ0v) is 29.8. The van der Waals surface area contributed by atoms with Gasteiger partial charge in [0.1, 0.15) is 19.2 Å². The highest BCUT2D eigenvalue weighted by Gasteiger charge is 2.59. The summed E-state index contributed by atoms with van der Waals surface area (Å²) in [5, 5.41) is 1.94. The molecule has 1 amide bonds. The van der Waals surface area contributed by atoms with E-state index in [1.54, 1.807) is 23.1 Å². The van der Waals surface area contributed by atoms with Crippen LogP contribution in [0.4, 0.5) is 30.2 Å². The summed E-state index contributed by atoms with van der Waals surface area (Å²) in [4.78, 5) is 46.8. The van der Waals surface area contributed by atoms with E-state index in [0.29, 0.717) is 17.2 Å². The van der Waals surface area contributed by atoms with Crippen LogP contribution in [0.25, 0.3) is 11.0 Å². The Kier molecular flexibility index (Phi) is 6.93. The highest BCUT2D eigenvalue weighted by molar-refractivity contribution is 7.01. The van der Waals surface area contributed by atoms with Crippen LogP contribution in [0.2, 0.25) is 13.1 Å². The largest absolute Gasteiger partial charge is 0.465 e. The van der Waals surface area contributed by atoms with Gasteiger partial charge in [0.25, 0.3) is 5.91 Å². The molecule has 5 aromatic rings. The standard InChI is InChI=1S/C40H34F3N3O5Si/c1-50-38(49)23-6-10-28-31(18-23)39(46(37(28)48)26-7-11-27-32(40(41,42)43)22-36(47)51-33(27)19-26)29-12-8-24(44-14-4-15-44)20-34(29)52(2,3)35-21-25(9-13-30(35)39)45-16-5-17-45/h6-13,18-22H,4-5,14-17H2,1-3H3. The Hall–Kier alpha value is -5.36. The maximum absolute atomic E-state index is 15.0. The number of carbonyl (C=O) groups excluding carboxylic acids is 2. The first-order valence-electron chi connectivity index (χ1n) is 17.4. The van der Waals surface area contributed by atoms with Crippen molar-refractivity contribution in [3.05, 3.63) is 123 Å². The van der Waals surface area contributed by atoms with E-state index in [0.717, 1.165) is 71.9 Å². The van der Waals surface area contributed by atoms with Crippen LogP contribution < -0.4 is 30.7 Å². The number of alkyl halides is 3. The Morgan fingerprint density at radius 1 is 0.769 bits per heavy atom. The number of ether oxygens (including phenoxy) is 1. The first kappa shape index (κ1) is 32.5. The number of esters is 1. The first-order valence-corrected chi connectivity index (χ1v) is 20.4. The molecule has 1 aromatic heterocycles. The van der Waals surface area contributed by atoms with E-state index in [2.05, 4.69) is 59.3 Å². The summed E-state index contributed by atoms with van der Waals surface area (Å²) in [7, 11) is -1.22. The van der Waals surface area contributed by atoms with Gasteiger partial charge in [-0.15, -0.1) is 0 Å². The molecule has 264 valence electrons. The molecule has 12 heteroatoms. The maximum Gasteiger partial charge on any atom is 0.417 e. The average Bonchev–Trinajstić information content (AvgIpc) is 3.32. The lowest BCUT2D eigenvalue weighted by Gasteiger charge is -2.50. The van der Waals surface area contributed by atoms with Crippen molar-refractivity contribution in [1.82, 2.24) is 0 Å². The molecule has 0 bridgehead atoms. The van der Waals surface area contributed by atoms with Crippen LogP contribution in [0.1, 0.15) is 55.8 Å². The van der Waals surface area contributed by atoms with E-state index in [9.17, 15) is 22.8 Å². The molecular formula is C40H34F3N3O5Si. The molecule has 0 N–H and O–H groups in total. The monoisotopic (exact) mass is 721 g/mol. The van der Waals surface area contributed by atoms with Crippen LogP contribution in [0.5, 0.6) is 0 Å². The number of benzene rings is 4. The van der Waals surface area contributed by atoms with Crippen molar-refractivity contribution >= 4 is 58.4 Å². The van der Waals surface area contributed by atoms with Gasteiger partial charge in [-0.05, 0) is 88.9 Å². The predicted octanol–water partition coefficient (Wildman–Crippen LogP) is 6.11. The lowest BCUT2D eigenvalue weighted by Crippen LogP contribution is -2.66. The molecule has 0 unspecified atom stereocenters. The fraction of sp³-hybridized carbons (Fsp3) is 0.275. The molecule has 4 aromatic carbocycles. The number of amides is 1. The quantitative estimate of drug-likeness (QED) is 0.126. The minimum atomic E-state index is -4.80. The first-order chi connectivity index (χ1) is 24.8. The van der Waals surface area contributed by atoms with Gasteiger partial charge in [0.15, 0.2) is 0 Å². The van der Waals surface area contributed by atoms with Crippen molar-refractivity contribution in [3.8, 4) is 0 Å². The van der Waals surface area contributed by atoms with Gasteiger partial charge >= 0.3 is 17.8 Å². The summed E-state index contributed by atoms with van der Waals surface area (Å²) in [6.07, 6.45) is -2.60. The average molecular weight is 722 g/mol. The van der Waals surface area contributed by atoms with Gasteiger partial charge in [-0.3, -0.25) is 9.69 Å². The Morgan fingerprint density at radius 2 is 1.37 bits per heavy atom. The number of fused-ring (bicyclic) bond motifs is 7. The smallest absolute Gasteiger partial charge is 0.417 e. The van der Waals surface area contributed by atoms with E-state index in [4.69, 9.17) is 9.15 Å². The van der Waals surface area contributed by atoms with Crippen molar-refractivity contribution in [2.45, 2.75) is 37.7 Å². The Morgan fingerprint density at radius 3 is 1.90 bits per heavy atom. The van der Waals surface area contributed by atoms with Crippen molar-refractivity contribution in [2.24, 2.45) is 0 Å². The number of hydrogen-bond donors (Lipinski definition) is 0. The number of nitrogens with zero attached hydrogens (tertiary/aromatic N) is 3. The molecule has 1 spiro atoms. The number of rotatable bonds is 4. The topological polar surface area (TPSA) is 83.3 Å². The van der Waals surface area contributed by atoms with E-state index in [1.165, 1.54) is 25.3 Å². The molecular weight excluding hydrogens is 688 g/mol. The third-order valence-electron chi connectivity index (χ3n) is 11.5. The molecule has 4 aliphatic heterocycles. The van der Waals surface area contributed by atoms with E-state index >= 15 is 4.79 Å². The second-order valence-corrected chi connectivity index (χ2v) is 18.9. The zero-order valence-electron chi connectivity index (χ0n) is 28.8. The Balaban J connectivity index is 1.39. The number of carbonyl (C=O) groups is 2. The van der Waals surface area contributed by atoms with Gasteiger partial charge in [0, 0.05) is 71.9 Å². The highest BCUT2D eigenvalue weighted by Crippen LogP contribution is 2.53. The van der Waals surface area contributed by atoms with Gasteiger partial charge < -0.3 is 19.0 Å². The van der Waals surface area contributed by atoms with E-state index in [-0.39, 0.29) is 22.2 Å². The maximum atomic E-state index is 15.0. The third kappa shape index (κ3) is 4.42. The molecule has 5 heterocycles. The number of methoxy groups -OCH3 is 1. The number of halogens is 3. The van der Waals surface area contributed by atoms with Crippen LogP contribution >= 0.6 is 0 Å². The molecule has 8 nitrogen and oxygen atoms in total. The molecule has 0 aliphatic carbocycles. The summed E-state index contributed by atoms with van der Waals surface area (Å²) < 4.78 is 52.9. The Labute approximate surface area is 298 Å². The lowest BCUT2D eigenvalue weighted by atomic mass is 9.75. The minimum Gasteiger partial charge on any atom is -0.465 e. The summed E-state index contributed by atoms with van der Waals surface area (Å²) in [6.45, 7) is 8.40. The van der Waals surface area contributed by atoms with Gasteiger partial charge in [0.05, 0.1) is 18.2 Å². The normalized spacial score (nSPS) is 18.1. The second kappa shape index (κ2) is 11.1. The summed E-state index contributed by atoms with van der Waals surface area (Å²) >= 11 is 0. The molecule has 2 saturated heterocycles. The van der Waals surface area contributed by atoms with Crippen molar-refractivity contribution in [2.75, 3.05) is 48.0 Å². The van der Waals surface area contributed by atoms with Crippen LogP contribution in [0.3, 0.4) is 0 Å². The third-order valence-corrected chi connectivity index (χ3v) is 15.0. The summed E-state index contributed by atoms with van der Waals surface area (Å²) in [5.41, 5.74) is 1.40. The van der Waals surface area contributed by atoms with E-state index in [1.807, 2.05) is 0 Å². The zero-order chi connectivity index (χ0) is 36.3. The minimum absolute atomic E-state index is 0.243. The van der Waals surface area contributed by atoms with E-state index < -0.39 is 42.9 Å². The van der Waals surface area contributed by atoms with Crippen molar-refractivity contribution in [3.63, 3.8) is 0 Å². The molecule has 4 aliphatic rings. The van der Waals surface area contributed by atoms with Crippen LogP contribution in [-0.2, 0) is 16.5 Å². The molecule has 0 saturated carbocycles. The summed E-state index contributed by atoms with van der Waals surface area (Å²) in [5.74, 6) is -0.972. The SMILES string of the molecule is COC(=O)c1ccc2c(c1)C1(c3ccc(N4CCC4)cc3[Si](C)(C)c3cc(N4CCC4)ccc31)N(c1ccc3c(C(F)(F)F)cc(=O)oc3c1)C2=O. The molecule has 52 heavy (non-hydrogen) atoms. The summed E-state index contributed by atoms with van der Waals surface area (Å²) in [6, 6.07) is 22.2. The number of anilines is 3. The molecule has 2 fully saturated rings. The lowest BCUT2D eigenvalue weighted by molar-refractivity contribution is -0.136. The second-order valence-electron chi connectivity index (χ2n) is 14.5. The van der Waals surface area contributed by atoms with Crippen LogP contribution in [0, 0.1) is 0 Å². The van der Waals surface area contributed by atoms with Gasteiger partial charge in [-0.2, -0.15) is 13.2 Å². The van der Waals surface area contributed by atoms with Crippen molar-refractivity contribution in [1.29, 1.82) is 0 Å². The number of hydrogen-bond acceptors (Lipinski definition) is 7. The van der Waals surface area contributed by atoms with Gasteiger partial charge in [0.2, 0.25) is 0 Å². The predicted molar refractivity (Wildman–Crippen MR) is 195 cm³/mol. The fourth-order valence-corrected chi connectivity index (χ4v) is 11.8. The Bertz CT molecular complexity index is 2370. The van der Waals surface area contributed by atoms with Crippen molar-refractivity contribution < 1.29 is 31.9 Å². The highest BCUT2D eigenvalue weighted by atomic mass is 28.3. The molecule has 9 rings (SSSR count). The van der Waals surface area contributed by atoms with Gasteiger partial charge in [-0.25, -0.2) is 9.59 Å². The van der Waals surface area contributed by atoms with Crippen LogP contribution in [0.15, 0.2) is 88.1 Å². The van der Waals surface area contributed by atoms with Gasteiger partial charge in [-0.1, -0.05) is 25.2 Å². The van der Waals surface area contributed by atoms with Crippen LogP contribution in [-0.4, -0.2) is 53.2 Å². The fourth-order valence-electron chi connectivity index (χ4n) is 8.60.